The van der Waals surface area contributed by atoms with Crippen molar-refractivity contribution in [1.82, 2.24) is 4.90 Å². The van der Waals surface area contributed by atoms with Crippen LogP contribution in [-0.2, 0) is 16.1 Å². The second-order valence-corrected chi connectivity index (χ2v) is 6.40. The van der Waals surface area contributed by atoms with Gasteiger partial charge in [-0.1, -0.05) is 25.1 Å². The smallest absolute Gasteiger partial charge is 0.543 e. The molecule has 1 aromatic rings. The molecular weight excluding hydrogens is 347 g/mol. The number of ether oxygens (including phenoxy) is 1. The monoisotopic (exact) mass is 370 g/mol. The number of nitrogens with zero attached hydrogens (tertiary/aromatic N) is 1. The van der Waals surface area contributed by atoms with Crippen molar-refractivity contribution >= 4 is 17.6 Å². The van der Waals surface area contributed by atoms with E-state index in [2.05, 4.69) is 0 Å². The summed E-state index contributed by atoms with van der Waals surface area (Å²) in [4.78, 5) is 24.1. The van der Waals surface area contributed by atoms with Gasteiger partial charge in [0.15, 0.2) is 0 Å². The van der Waals surface area contributed by atoms with Crippen LogP contribution in [0, 0.1) is 5.92 Å². The van der Waals surface area contributed by atoms with E-state index in [0.717, 1.165) is 5.56 Å². The van der Waals surface area contributed by atoms with Gasteiger partial charge in [0.1, 0.15) is 6.61 Å². The van der Waals surface area contributed by atoms with E-state index in [-0.39, 0.29) is 53.8 Å². The molecule has 2 rings (SSSR count). The zero-order valence-corrected chi connectivity index (χ0v) is 17.6. The minimum atomic E-state index is -1.25. The van der Waals surface area contributed by atoms with Gasteiger partial charge < -0.3 is 30.4 Å². The number of nitrogens with two attached hydrogens (primary N) is 1. The molecular formula is C18H23N2NaO5. The van der Waals surface area contributed by atoms with Crippen LogP contribution in [0.5, 0.6) is 0 Å². The molecule has 8 heteroatoms. The average molecular weight is 370 g/mol. The zero-order valence-electron chi connectivity index (χ0n) is 15.6. The first-order valence-electron chi connectivity index (χ1n) is 8.09. The van der Waals surface area contributed by atoms with Crippen molar-refractivity contribution in [3.8, 4) is 0 Å². The van der Waals surface area contributed by atoms with E-state index in [1.807, 2.05) is 6.92 Å². The van der Waals surface area contributed by atoms with Crippen LogP contribution < -0.4 is 40.4 Å². The Bertz CT molecular complexity index is 705. The summed E-state index contributed by atoms with van der Waals surface area (Å²) in [5.74, 6) is -1.37. The fourth-order valence-corrected chi connectivity index (χ4v) is 3.21. The Labute approximate surface area is 175 Å². The number of carboxylic acid groups (broad SMARTS) is 1. The van der Waals surface area contributed by atoms with Gasteiger partial charge in [0.2, 0.25) is 0 Å². The third kappa shape index (κ3) is 5.01. The fraction of sp³-hybridized carbons (Fsp3) is 0.444. The molecule has 0 fully saturated rings. The van der Waals surface area contributed by atoms with Gasteiger partial charge in [-0.2, -0.15) is 0 Å². The first-order valence-corrected chi connectivity index (χ1v) is 8.09. The Balaban J connectivity index is 0.00000338. The Morgan fingerprint density at radius 2 is 2.08 bits per heavy atom. The first kappa shape index (κ1) is 22.5. The molecule has 1 aromatic carbocycles. The number of rotatable bonds is 6. The minimum absolute atomic E-state index is 0. The normalized spacial score (nSPS) is 18.9. The topological polar surface area (TPSA) is 116 Å². The summed E-state index contributed by atoms with van der Waals surface area (Å²) < 4.78 is 4.78. The molecule has 1 aliphatic heterocycles. The maximum Gasteiger partial charge on any atom is 1.00 e. The van der Waals surface area contributed by atoms with Crippen molar-refractivity contribution in [3.05, 3.63) is 41.1 Å². The summed E-state index contributed by atoms with van der Waals surface area (Å²) in [6.07, 6.45) is -0.956. The molecule has 7 nitrogen and oxygen atoms in total. The van der Waals surface area contributed by atoms with Crippen molar-refractivity contribution in [3.63, 3.8) is 0 Å². The largest absolute Gasteiger partial charge is 1.00 e. The van der Waals surface area contributed by atoms with E-state index < -0.39 is 18.2 Å². The molecule has 1 heterocycles. The molecule has 0 aliphatic carbocycles. The SMILES string of the molecule is CC(O)C(C)C1CC(c2cccc(COC(N)=O)c2)=C(C(=O)[O-])N1C.[Na+]. The number of aliphatic hydroxyl groups excluding tert-OH is 1. The number of amides is 1. The Morgan fingerprint density at radius 1 is 1.42 bits per heavy atom. The van der Waals surface area contributed by atoms with E-state index in [1.54, 1.807) is 43.1 Å². The van der Waals surface area contributed by atoms with E-state index in [4.69, 9.17) is 10.5 Å². The van der Waals surface area contributed by atoms with Gasteiger partial charge >= 0.3 is 35.7 Å². The summed E-state index contributed by atoms with van der Waals surface area (Å²) in [7, 11) is 1.70. The third-order valence-corrected chi connectivity index (χ3v) is 4.77. The summed E-state index contributed by atoms with van der Waals surface area (Å²) in [6, 6.07) is 6.95. The number of aliphatic carboxylic acids is 1. The number of benzene rings is 1. The van der Waals surface area contributed by atoms with Gasteiger partial charge in [0, 0.05) is 19.0 Å². The van der Waals surface area contributed by atoms with Gasteiger partial charge in [0.05, 0.1) is 17.8 Å². The third-order valence-electron chi connectivity index (χ3n) is 4.77. The van der Waals surface area contributed by atoms with E-state index in [0.29, 0.717) is 17.6 Å². The standard InChI is InChI=1S/C18H24N2O5.Na/c1-10(11(2)21)15-8-14(16(17(22)23)20(15)3)13-6-4-5-12(7-13)9-25-18(19)24;/h4-7,10-11,15,21H,8-9H2,1-3H3,(H2,19,24)(H,22,23);/q;+1/p-1. The fourth-order valence-electron chi connectivity index (χ4n) is 3.21. The summed E-state index contributed by atoms with van der Waals surface area (Å²) in [5, 5.41) is 21.6. The van der Waals surface area contributed by atoms with Crippen molar-refractivity contribution < 1.29 is 54.1 Å². The number of hydrogen-bond donors (Lipinski definition) is 2. The number of carbonyl (C=O) groups excluding carboxylic acids is 2. The molecule has 0 spiro atoms. The van der Waals surface area contributed by atoms with Gasteiger partial charge in [-0.25, -0.2) is 4.79 Å². The summed E-state index contributed by atoms with van der Waals surface area (Å²) >= 11 is 0. The van der Waals surface area contributed by atoms with Gasteiger partial charge in [-0.15, -0.1) is 0 Å². The van der Waals surface area contributed by atoms with Crippen LogP contribution >= 0.6 is 0 Å². The quantitative estimate of drug-likeness (QED) is 0.534. The predicted octanol–water partition coefficient (Wildman–Crippen LogP) is -2.53. The molecule has 3 atom stereocenters. The number of primary amides is 1. The van der Waals surface area contributed by atoms with Crippen molar-refractivity contribution in [2.45, 2.75) is 39.0 Å². The molecule has 0 saturated heterocycles. The molecule has 3 unspecified atom stereocenters. The first-order chi connectivity index (χ1) is 11.7. The average Bonchev–Trinajstić information content (AvgIpc) is 2.90. The van der Waals surface area contributed by atoms with Crippen LogP contribution in [0.15, 0.2) is 30.0 Å². The van der Waals surface area contributed by atoms with E-state index >= 15 is 0 Å². The van der Waals surface area contributed by atoms with Gasteiger partial charge in [0.25, 0.3) is 0 Å². The second-order valence-electron chi connectivity index (χ2n) is 6.40. The van der Waals surface area contributed by atoms with Crippen LogP contribution in [0.2, 0.25) is 0 Å². The van der Waals surface area contributed by atoms with Crippen molar-refractivity contribution in [2.75, 3.05) is 7.05 Å². The van der Waals surface area contributed by atoms with E-state index in [9.17, 15) is 19.8 Å². The second kappa shape index (κ2) is 9.41. The number of hydrogen-bond acceptors (Lipinski definition) is 6. The molecule has 1 aliphatic rings. The van der Waals surface area contributed by atoms with Crippen LogP contribution in [-0.4, -0.2) is 41.3 Å². The Kier molecular flexibility index (Phi) is 8.15. The van der Waals surface area contributed by atoms with Crippen LogP contribution in [0.25, 0.3) is 5.57 Å². The Hall–Kier alpha value is -1.54. The van der Waals surface area contributed by atoms with Gasteiger partial charge in [-0.3, -0.25) is 0 Å². The number of aliphatic hydroxyl groups is 1. The van der Waals surface area contributed by atoms with Crippen LogP contribution in [0.1, 0.15) is 31.4 Å². The minimum Gasteiger partial charge on any atom is -0.543 e. The Morgan fingerprint density at radius 3 is 2.62 bits per heavy atom. The predicted molar refractivity (Wildman–Crippen MR) is 89.8 cm³/mol. The molecule has 0 aromatic heterocycles. The molecule has 136 valence electrons. The number of carbonyl (C=O) groups is 2. The summed E-state index contributed by atoms with van der Waals surface area (Å²) in [5.41, 5.74) is 7.15. The molecule has 1 amide bonds. The van der Waals surface area contributed by atoms with Crippen molar-refractivity contribution in [1.29, 1.82) is 0 Å². The number of carboxylic acids is 1. The van der Waals surface area contributed by atoms with Crippen molar-refractivity contribution in [2.24, 2.45) is 11.7 Å². The zero-order chi connectivity index (χ0) is 18.7. The maximum atomic E-state index is 11.7. The van der Waals surface area contributed by atoms with Crippen LogP contribution in [0.3, 0.4) is 0 Å². The summed E-state index contributed by atoms with van der Waals surface area (Å²) in [6.45, 7) is 3.59. The van der Waals surface area contributed by atoms with E-state index in [1.165, 1.54) is 0 Å². The molecule has 26 heavy (non-hydrogen) atoms. The molecule has 0 saturated carbocycles. The molecule has 0 radical (unpaired) electrons. The maximum absolute atomic E-state index is 11.7. The van der Waals surface area contributed by atoms with Crippen LogP contribution in [0.4, 0.5) is 4.79 Å². The number of likely N-dealkylation sites (N-methyl/N-ethyl adjacent to an activating group) is 1. The molecule has 3 N–H and O–H groups in total. The molecule has 0 bridgehead atoms. The van der Waals surface area contributed by atoms with Gasteiger partial charge in [-0.05, 0) is 36.1 Å².